The minimum atomic E-state index is -0.296. The molecule has 84 valence electrons. The summed E-state index contributed by atoms with van der Waals surface area (Å²) >= 11 is 0. The third-order valence-corrected chi connectivity index (χ3v) is 2.78. The maximum atomic E-state index is 11.2. The SMILES string of the molecule is O=c1[nH]nc2cc(N3CC[C@H](O)C3)ncn12. The van der Waals surface area contributed by atoms with Gasteiger partial charge in [0.2, 0.25) is 0 Å². The molecule has 1 atom stereocenters. The summed E-state index contributed by atoms with van der Waals surface area (Å²) in [5, 5.41) is 15.7. The Morgan fingerprint density at radius 2 is 2.44 bits per heavy atom. The Balaban J connectivity index is 2.02. The molecule has 0 spiro atoms. The molecule has 0 unspecified atom stereocenters. The van der Waals surface area contributed by atoms with Crippen LogP contribution in [0, 0.1) is 0 Å². The Bertz CT molecular complexity index is 575. The summed E-state index contributed by atoms with van der Waals surface area (Å²) in [6, 6.07) is 1.73. The zero-order valence-electron chi connectivity index (χ0n) is 8.50. The molecule has 3 heterocycles. The molecule has 0 bridgehead atoms. The first-order chi connectivity index (χ1) is 7.74. The maximum absolute atomic E-state index is 11.2. The van der Waals surface area contributed by atoms with Crippen molar-refractivity contribution in [3.05, 3.63) is 22.9 Å². The fourth-order valence-corrected chi connectivity index (χ4v) is 1.92. The van der Waals surface area contributed by atoms with Crippen LogP contribution in [0.1, 0.15) is 6.42 Å². The molecule has 0 radical (unpaired) electrons. The van der Waals surface area contributed by atoms with Crippen LogP contribution in [0.3, 0.4) is 0 Å². The lowest BCUT2D eigenvalue weighted by atomic mass is 10.3. The second kappa shape index (κ2) is 3.31. The highest BCUT2D eigenvalue weighted by Crippen LogP contribution is 2.17. The first-order valence-electron chi connectivity index (χ1n) is 5.10. The van der Waals surface area contributed by atoms with Gasteiger partial charge in [0.25, 0.3) is 0 Å². The molecule has 3 rings (SSSR count). The van der Waals surface area contributed by atoms with E-state index in [9.17, 15) is 9.90 Å². The fraction of sp³-hybridized carbons (Fsp3) is 0.444. The van der Waals surface area contributed by atoms with Gasteiger partial charge < -0.3 is 10.0 Å². The number of aliphatic hydroxyl groups excluding tert-OH is 1. The smallest absolute Gasteiger partial charge is 0.348 e. The lowest BCUT2D eigenvalue weighted by molar-refractivity contribution is 0.198. The van der Waals surface area contributed by atoms with Crippen LogP contribution in [0.2, 0.25) is 0 Å². The van der Waals surface area contributed by atoms with E-state index < -0.39 is 0 Å². The van der Waals surface area contributed by atoms with Crippen molar-refractivity contribution in [3.8, 4) is 0 Å². The summed E-state index contributed by atoms with van der Waals surface area (Å²) in [6.07, 6.45) is 1.90. The summed E-state index contributed by atoms with van der Waals surface area (Å²) < 4.78 is 1.34. The van der Waals surface area contributed by atoms with Gasteiger partial charge in [0, 0.05) is 19.2 Å². The Labute approximate surface area is 90.3 Å². The summed E-state index contributed by atoms with van der Waals surface area (Å²) in [5.74, 6) is 0.739. The van der Waals surface area contributed by atoms with Crippen molar-refractivity contribution < 1.29 is 5.11 Å². The van der Waals surface area contributed by atoms with Gasteiger partial charge in [-0.3, -0.25) is 0 Å². The molecule has 0 aromatic carbocycles. The lowest BCUT2D eigenvalue weighted by Gasteiger charge is -2.15. The molecule has 0 saturated carbocycles. The van der Waals surface area contributed by atoms with Crippen molar-refractivity contribution >= 4 is 11.5 Å². The van der Waals surface area contributed by atoms with Gasteiger partial charge in [0.1, 0.15) is 12.1 Å². The number of hydrogen-bond acceptors (Lipinski definition) is 5. The standard InChI is InChI=1S/C9H11N5O2/c15-6-1-2-13(4-6)7-3-8-11-12-9(16)14(8)5-10-7/h3,5-6,15H,1-2,4H2,(H,12,16)/t6-/m0/s1. The van der Waals surface area contributed by atoms with Crippen LogP contribution in [0.4, 0.5) is 5.82 Å². The number of aromatic amines is 1. The van der Waals surface area contributed by atoms with E-state index in [4.69, 9.17) is 0 Å². The second-order valence-electron chi connectivity index (χ2n) is 3.89. The van der Waals surface area contributed by atoms with Crippen LogP contribution >= 0.6 is 0 Å². The Hall–Kier alpha value is -1.89. The third kappa shape index (κ3) is 1.36. The maximum Gasteiger partial charge on any atom is 0.348 e. The van der Waals surface area contributed by atoms with Crippen LogP contribution in [0.25, 0.3) is 5.65 Å². The van der Waals surface area contributed by atoms with Crippen LogP contribution in [0.15, 0.2) is 17.2 Å². The Morgan fingerprint density at radius 1 is 1.56 bits per heavy atom. The van der Waals surface area contributed by atoms with E-state index in [1.807, 2.05) is 4.90 Å². The number of rotatable bonds is 1. The number of aliphatic hydroxyl groups is 1. The topological polar surface area (TPSA) is 86.5 Å². The van der Waals surface area contributed by atoms with Gasteiger partial charge in [-0.2, -0.15) is 5.10 Å². The van der Waals surface area contributed by atoms with Crippen molar-refractivity contribution in [2.45, 2.75) is 12.5 Å². The Kier molecular flexibility index (Phi) is 1.93. The third-order valence-electron chi connectivity index (χ3n) is 2.78. The van der Waals surface area contributed by atoms with Gasteiger partial charge in [-0.15, -0.1) is 0 Å². The molecule has 2 aromatic heterocycles. The summed E-state index contributed by atoms with van der Waals surface area (Å²) in [4.78, 5) is 17.4. The molecule has 0 amide bonds. The van der Waals surface area contributed by atoms with E-state index >= 15 is 0 Å². The minimum Gasteiger partial charge on any atom is -0.391 e. The van der Waals surface area contributed by atoms with Crippen molar-refractivity contribution in [3.63, 3.8) is 0 Å². The molecule has 1 fully saturated rings. The molecule has 7 nitrogen and oxygen atoms in total. The zero-order chi connectivity index (χ0) is 11.1. The van der Waals surface area contributed by atoms with Crippen LogP contribution in [-0.4, -0.2) is 43.9 Å². The van der Waals surface area contributed by atoms with E-state index in [2.05, 4.69) is 15.2 Å². The van der Waals surface area contributed by atoms with Crippen LogP contribution in [-0.2, 0) is 0 Å². The van der Waals surface area contributed by atoms with Crippen molar-refractivity contribution in [2.75, 3.05) is 18.0 Å². The van der Waals surface area contributed by atoms with Gasteiger partial charge in [-0.25, -0.2) is 19.3 Å². The molecule has 7 heteroatoms. The highest BCUT2D eigenvalue weighted by atomic mass is 16.3. The van der Waals surface area contributed by atoms with Gasteiger partial charge >= 0.3 is 5.69 Å². The summed E-state index contributed by atoms with van der Waals surface area (Å²) in [6.45, 7) is 1.36. The highest BCUT2D eigenvalue weighted by Gasteiger charge is 2.21. The molecule has 2 aromatic rings. The fourth-order valence-electron chi connectivity index (χ4n) is 1.92. The van der Waals surface area contributed by atoms with E-state index in [-0.39, 0.29) is 11.8 Å². The monoisotopic (exact) mass is 221 g/mol. The number of nitrogens with zero attached hydrogens (tertiary/aromatic N) is 4. The molecular weight excluding hydrogens is 210 g/mol. The van der Waals surface area contributed by atoms with Crippen molar-refractivity contribution in [1.82, 2.24) is 19.6 Å². The van der Waals surface area contributed by atoms with E-state index in [1.54, 1.807) is 6.07 Å². The quantitative estimate of drug-likeness (QED) is 0.644. The number of nitrogens with one attached hydrogen (secondary N) is 1. The molecule has 1 saturated heterocycles. The van der Waals surface area contributed by atoms with Crippen molar-refractivity contribution in [1.29, 1.82) is 0 Å². The normalized spacial score (nSPS) is 20.8. The molecule has 2 N–H and O–H groups in total. The average molecular weight is 221 g/mol. The number of β-amino-alcohol motifs (C(OH)–C–C–N with tert-alkyl or cyclic N) is 1. The Morgan fingerprint density at radius 3 is 3.19 bits per heavy atom. The van der Waals surface area contributed by atoms with E-state index in [0.29, 0.717) is 12.2 Å². The molecule has 16 heavy (non-hydrogen) atoms. The molecular formula is C9H11N5O2. The van der Waals surface area contributed by atoms with Gasteiger partial charge in [0.05, 0.1) is 6.10 Å². The number of anilines is 1. The molecule has 1 aliphatic rings. The van der Waals surface area contributed by atoms with Crippen molar-refractivity contribution in [2.24, 2.45) is 0 Å². The second-order valence-corrected chi connectivity index (χ2v) is 3.89. The zero-order valence-corrected chi connectivity index (χ0v) is 8.50. The highest BCUT2D eigenvalue weighted by molar-refractivity contribution is 5.50. The first kappa shape index (κ1) is 9.34. The van der Waals surface area contributed by atoms with Crippen LogP contribution < -0.4 is 10.6 Å². The van der Waals surface area contributed by atoms with Crippen LogP contribution in [0.5, 0.6) is 0 Å². The van der Waals surface area contributed by atoms with E-state index in [1.165, 1.54) is 10.7 Å². The number of hydrogen-bond donors (Lipinski definition) is 2. The largest absolute Gasteiger partial charge is 0.391 e. The van der Waals surface area contributed by atoms with Gasteiger partial charge in [0.15, 0.2) is 5.65 Å². The first-order valence-corrected chi connectivity index (χ1v) is 5.10. The predicted octanol–water partition coefficient (Wildman–Crippen LogP) is -1.01. The van der Waals surface area contributed by atoms with E-state index in [0.717, 1.165) is 18.8 Å². The summed E-state index contributed by atoms with van der Waals surface area (Å²) in [5.41, 5.74) is 0.242. The average Bonchev–Trinajstić information content (AvgIpc) is 2.86. The number of fused-ring (bicyclic) bond motifs is 1. The number of aromatic nitrogens is 4. The molecule has 0 aliphatic carbocycles. The number of H-pyrrole nitrogens is 1. The summed E-state index contributed by atoms with van der Waals surface area (Å²) in [7, 11) is 0. The van der Waals surface area contributed by atoms with Gasteiger partial charge in [-0.1, -0.05) is 0 Å². The lowest BCUT2D eigenvalue weighted by Crippen LogP contribution is -2.22. The minimum absolute atomic E-state index is 0.292. The van der Waals surface area contributed by atoms with Gasteiger partial charge in [-0.05, 0) is 6.42 Å². The molecule has 1 aliphatic heterocycles. The predicted molar refractivity (Wildman–Crippen MR) is 56.4 cm³/mol.